The van der Waals surface area contributed by atoms with E-state index >= 15 is 0 Å². The van der Waals surface area contributed by atoms with Crippen LogP contribution in [0.5, 0.6) is 0 Å². The van der Waals surface area contributed by atoms with Crippen molar-refractivity contribution in [2.24, 2.45) is 5.92 Å². The SMILES string of the molecule is CCCSc1nnc(N2CC(C(=O)O)CC2=O)s1. The molecule has 0 saturated carbocycles. The van der Waals surface area contributed by atoms with Crippen LogP contribution in [0.3, 0.4) is 0 Å². The van der Waals surface area contributed by atoms with Crippen LogP contribution in [0.1, 0.15) is 19.8 Å². The van der Waals surface area contributed by atoms with E-state index in [1.165, 1.54) is 16.2 Å². The fraction of sp³-hybridized carbons (Fsp3) is 0.600. The Kier molecular flexibility index (Phi) is 4.18. The van der Waals surface area contributed by atoms with E-state index in [1.807, 2.05) is 0 Å². The standard InChI is InChI=1S/C10H13N3O3S2/c1-2-3-17-10-12-11-9(18-10)13-5-6(8(15)16)4-7(13)14/h6H,2-5H2,1H3,(H,15,16). The first-order chi connectivity index (χ1) is 8.61. The van der Waals surface area contributed by atoms with Crippen LogP contribution in [0.15, 0.2) is 4.34 Å². The quantitative estimate of drug-likeness (QED) is 0.652. The molecule has 0 radical (unpaired) electrons. The van der Waals surface area contributed by atoms with Gasteiger partial charge in [0.15, 0.2) is 4.34 Å². The van der Waals surface area contributed by atoms with Gasteiger partial charge in [-0.05, 0) is 6.42 Å². The lowest BCUT2D eigenvalue weighted by Crippen LogP contribution is -2.25. The Morgan fingerprint density at radius 2 is 2.39 bits per heavy atom. The number of carboxylic acids is 1. The monoisotopic (exact) mass is 287 g/mol. The van der Waals surface area contributed by atoms with Crippen molar-refractivity contribution in [1.82, 2.24) is 10.2 Å². The highest BCUT2D eigenvalue weighted by molar-refractivity contribution is 8.01. The predicted octanol–water partition coefficient (Wildman–Crippen LogP) is 1.48. The summed E-state index contributed by atoms with van der Waals surface area (Å²) >= 11 is 2.94. The molecular weight excluding hydrogens is 274 g/mol. The van der Waals surface area contributed by atoms with E-state index in [1.54, 1.807) is 11.8 Å². The van der Waals surface area contributed by atoms with Gasteiger partial charge in [0.1, 0.15) is 0 Å². The van der Waals surface area contributed by atoms with Crippen LogP contribution in [0.25, 0.3) is 0 Å². The van der Waals surface area contributed by atoms with Crippen molar-refractivity contribution in [2.45, 2.75) is 24.1 Å². The second-order valence-corrected chi connectivity index (χ2v) is 6.24. The lowest BCUT2D eigenvalue weighted by molar-refractivity contribution is -0.141. The summed E-state index contributed by atoms with van der Waals surface area (Å²) in [4.78, 5) is 24.0. The first-order valence-corrected chi connectivity index (χ1v) is 7.41. The molecule has 0 bridgehead atoms. The molecule has 1 aliphatic heterocycles. The number of carbonyl (C=O) groups is 2. The summed E-state index contributed by atoms with van der Waals surface area (Å²) in [5.41, 5.74) is 0. The largest absolute Gasteiger partial charge is 0.481 e. The number of anilines is 1. The minimum atomic E-state index is -0.934. The molecular formula is C10H13N3O3S2. The van der Waals surface area contributed by atoms with E-state index < -0.39 is 11.9 Å². The number of carboxylic acid groups (broad SMARTS) is 1. The molecule has 1 unspecified atom stereocenters. The predicted molar refractivity (Wildman–Crippen MR) is 69.0 cm³/mol. The molecule has 1 saturated heterocycles. The fourth-order valence-corrected chi connectivity index (χ4v) is 3.41. The summed E-state index contributed by atoms with van der Waals surface area (Å²) in [6.07, 6.45) is 1.09. The minimum absolute atomic E-state index is 0.0480. The third-order valence-corrected chi connectivity index (χ3v) is 4.82. The van der Waals surface area contributed by atoms with E-state index in [4.69, 9.17) is 5.11 Å². The Morgan fingerprint density at radius 3 is 3.00 bits per heavy atom. The molecule has 0 aromatic carbocycles. The Morgan fingerprint density at radius 1 is 1.61 bits per heavy atom. The molecule has 0 spiro atoms. The molecule has 1 N–H and O–H groups in total. The average molecular weight is 287 g/mol. The Hall–Kier alpha value is -1.15. The second-order valence-electron chi connectivity index (χ2n) is 3.94. The maximum absolute atomic E-state index is 11.7. The van der Waals surface area contributed by atoms with Gasteiger partial charge in [0.2, 0.25) is 11.0 Å². The summed E-state index contributed by atoms with van der Waals surface area (Å²) in [6.45, 7) is 2.28. The molecule has 1 aromatic rings. The average Bonchev–Trinajstić information content (AvgIpc) is 2.92. The van der Waals surface area contributed by atoms with Crippen LogP contribution in [-0.4, -0.2) is 39.5 Å². The summed E-state index contributed by atoms with van der Waals surface area (Å²) in [7, 11) is 0. The lowest BCUT2D eigenvalue weighted by atomic mass is 10.1. The number of aromatic nitrogens is 2. The Bertz CT molecular complexity index is 463. The summed E-state index contributed by atoms with van der Waals surface area (Å²) in [6, 6.07) is 0. The van der Waals surface area contributed by atoms with Crippen LogP contribution in [0.2, 0.25) is 0 Å². The number of thioether (sulfide) groups is 1. The Balaban J connectivity index is 2.05. The smallest absolute Gasteiger partial charge is 0.308 e. The molecule has 1 aromatic heterocycles. The van der Waals surface area contributed by atoms with Gasteiger partial charge in [-0.2, -0.15) is 0 Å². The van der Waals surface area contributed by atoms with Crippen LogP contribution in [0.4, 0.5) is 5.13 Å². The molecule has 8 heteroatoms. The first kappa shape index (κ1) is 13.3. The van der Waals surface area contributed by atoms with Crippen molar-refractivity contribution in [3.05, 3.63) is 0 Å². The molecule has 2 heterocycles. The zero-order valence-electron chi connectivity index (χ0n) is 9.83. The maximum Gasteiger partial charge on any atom is 0.308 e. The molecule has 1 atom stereocenters. The summed E-state index contributed by atoms with van der Waals surface area (Å²) < 4.78 is 0.818. The highest BCUT2D eigenvalue weighted by Gasteiger charge is 2.36. The van der Waals surface area contributed by atoms with E-state index in [9.17, 15) is 9.59 Å². The maximum atomic E-state index is 11.7. The van der Waals surface area contributed by atoms with Gasteiger partial charge in [-0.3, -0.25) is 14.5 Å². The van der Waals surface area contributed by atoms with Gasteiger partial charge in [-0.1, -0.05) is 30.0 Å². The molecule has 1 aliphatic rings. The van der Waals surface area contributed by atoms with E-state index in [0.29, 0.717) is 5.13 Å². The van der Waals surface area contributed by atoms with Crippen LogP contribution >= 0.6 is 23.1 Å². The number of hydrogen-bond acceptors (Lipinski definition) is 6. The van der Waals surface area contributed by atoms with Crippen LogP contribution < -0.4 is 4.90 Å². The van der Waals surface area contributed by atoms with Gasteiger partial charge in [0.25, 0.3) is 0 Å². The molecule has 1 fully saturated rings. The van der Waals surface area contributed by atoms with Crippen LogP contribution in [-0.2, 0) is 9.59 Å². The lowest BCUT2D eigenvalue weighted by Gasteiger charge is -2.10. The number of carbonyl (C=O) groups excluding carboxylic acids is 1. The highest BCUT2D eigenvalue weighted by atomic mass is 32.2. The third-order valence-electron chi connectivity index (χ3n) is 2.53. The highest BCUT2D eigenvalue weighted by Crippen LogP contribution is 2.32. The number of hydrogen-bond donors (Lipinski definition) is 1. The second kappa shape index (κ2) is 5.66. The zero-order chi connectivity index (χ0) is 13.1. The van der Waals surface area contributed by atoms with Gasteiger partial charge in [0, 0.05) is 18.7 Å². The van der Waals surface area contributed by atoms with Gasteiger partial charge in [-0.15, -0.1) is 10.2 Å². The number of nitrogens with zero attached hydrogens (tertiary/aromatic N) is 3. The normalized spacial score (nSPS) is 19.5. The number of amides is 1. The van der Waals surface area contributed by atoms with Crippen LogP contribution in [0, 0.1) is 5.92 Å². The summed E-state index contributed by atoms with van der Waals surface area (Å²) in [5.74, 6) is -0.796. The Labute approximate surface area is 112 Å². The summed E-state index contributed by atoms with van der Waals surface area (Å²) in [5, 5.41) is 17.4. The molecule has 1 amide bonds. The van der Waals surface area contributed by atoms with E-state index in [0.717, 1.165) is 16.5 Å². The topological polar surface area (TPSA) is 83.4 Å². The van der Waals surface area contributed by atoms with E-state index in [2.05, 4.69) is 17.1 Å². The molecule has 0 aliphatic carbocycles. The fourth-order valence-electron chi connectivity index (χ4n) is 1.62. The van der Waals surface area contributed by atoms with Crippen molar-refractivity contribution in [3.8, 4) is 0 Å². The molecule has 6 nitrogen and oxygen atoms in total. The van der Waals surface area contributed by atoms with Crippen molar-refractivity contribution in [2.75, 3.05) is 17.2 Å². The number of rotatable bonds is 5. The van der Waals surface area contributed by atoms with Gasteiger partial charge in [-0.25, -0.2) is 0 Å². The van der Waals surface area contributed by atoms with Gasteiger partial charge >= 0.3 is 5.97 Å². The third kappa shape index (κ3) is 2.81. The van der Waals surface area contributed by atoms with Crippen molar-refractivity contribution in [1.29, 1.82) is 0 Å². The van der Waals surface area contributed by atoms with Crippen molar-refractivity contribution in [3.63, 3.8) is 0 Å². The molecule has 98 valence electrons. The minimum Gasteiger partial charge on any atom is -0.481 e. The number of aliphatic carboxylic acids is 1. The van der Waals surface area contributed by atoms with Gasteiger partial charge < -0.3 is 5.11 Å². The molecule has 18 heavy (non-hydrogen) atoms. The zero-order valence-corrected chi connectivity index (χ0v) is 11.5. The van der Waals surface area contributed by atoms with E-state index in [-0.39, 0.29) is 18.9 Å². The van der Waals surface area contributed by atoms with Crippen molar-refractivity contribution >= 4 is 40.1 Å². The first-order valence-electron chi connectivity index (χ1n) is 5.61. The molecule has 2 rings (SSSR count). The van der Waals surface area contributed by atoms with Crippen molar-refractivity contribution < 1.29 is 14.7 Å². The van der Waals surface area contributed by atoms with Gasteiger partial charge in [0.05, 0.1) is 5.92 Å².